The van der Waals surface area contributed by atoms with Gasteiger partial charge in [-0.15, -0.1) is 11.3 Å². The summed E-state index contributed by atoms with van der Waals surface area (Å²) in [4.78, 5) is 14.5. The minimum absolute atomic E-state index is 0.0825. The van der Waals surface area contributed by atoms with E-state index >= 15 is 0 Å². The van der Waals surface area contributed by atoms with E-state index in [1.165, 1.54) is 23.3 Å². The van der Waals surface area contributed by atoms with Gasteiger partial charge in [-0.2, -0.15) is 0 Å². The highest BCUT2D eigenvalue weighted by atomic mass is 32.1. The molecule has 0 bridgehead atoms. The molecule has 0 unspecified atom stereocenters. The predicted molar refractivity (Wildman–Crippen MR) is 92.8 cm³/mol. The monoisotopic (exact) mass is 314 g/mol. The molecule has 3 nitrogen and oxygen atoms in total. The molecule has 4 heteroatoms. The Morgan fingerprint density at radius 2 is 1.91 bits per heavy atom. The molecule has 2 N–H and O–H groups in total. The summed E-state index contributed by atoms with van der Waals surface area (Å²) >= 11 is 1.68. The highest BCUT2D eigenvalue weighted by Gasteiger charge is 2.16. The van der Waals surface area contributed by atoms with Gasteiger partial charge in [-0.1, -0.05) is 18.2 Å². The second kappa shape index (κ2) is 7.45. The van der Waals surface area contributed by atoms with Crippen molar-refractivity contribution >= 4 is 22.9 Å². The van der Waals surface area contributed by atoms with E-state index in [0.29, 0.717) is 6.54 Å². The molecule has 22 heavy (non-hydrogen) atoms. The third-order valence-electron chi connectivity index (χ3n) is 3.96. The first-order valence-corrected chi connectivity index (χ1v) is 8.83. The minimum Gasteiger partial charge on any atom is -0.385 e. The Kier molecular flexibility index (Phi) is 5.11. The van der Waals surface area contributed by atoms with Gasteiger partial charge in [0.1, 0.15) is 0 Å². The molecular weight excluding hydrogens is 292 g/mol. The van der Waals surface area contributed by atoms with Crippen LogP contribution in [0.1, 0.15) is 39.4 Å². The Labute approximate surface area is 135 Å². The number of carbonyl (C=O) groups excluding carboxylic acids is 1. The van der Waals surface area contributed by atoms with Gasteiger partial charge in [-0.25, -0.2) is 0 Å². The van der Waals surface area contributed by atoms with E-state index in [-0.39, 0.29) is 5.91 Å². The van der Waals surface area contributed by atoms with Crippen LogP contribution in [0.25, 0.3) is 0 Å². The fraction of sp³-hybridized carbons (Fsp3) is 0.389. The van der Waals surface area contributed by atoms with Crippen molar-refractivity contribution in [1.82, 2.24) is 5.32 Å². The highest BCUT2D eigenvalue weighted by molar-refractivity contribution is 7.14. The van der Waals surface area contributed by atoms with Crippen molar-refractivity contribution in [2.45, 2.75) is 32.1 Å². The number of amides is 1. The molecule has 1 aromatic heterocycles. The number of para-hydroxylation sites is 1. The number of hydrogen-bond acceptors (Lipinski definition) is 3. The van der Waals surface area contributed by atoms with Gasteiger partial charge in [0.25, 0.3) is 5.91 Å². The van der Waals surface area contributed by atoms with Gasteiger partial charge in [-0.3, -0.25) is 4.79 Å². The number of carbonyl (C=O) groups is 1. The molecule has 1 amide bonds. The third kappa shape index (κ3) is 3.89. The Hall–Kier alpha value is -1.81. The van der Waals surface area contributed by atoms with E-state index < -0.39 is 0 Å². The first-order chi connectivity index (χ1) is 10.8. The maximum atomic E-state index is 12.2. The molecule has 1 aromatic carbocycles. The van der Waals surface area contributed by atoms with Crippen LogP contribution in [0.3, 0.4) is 0 Å². The summed E-state index contributed by atoms with van der Waals surface area (Å²) in [5, 5.41) is 6.38. The lowest BCUT2D eigenvalue weighted by molar-refractivity contribution is 0.0957. The lowest BCUT2D eigenvalue weighted by Gasteiger charge is -2.08. The maximum Gasteiger partial charge on any atom is 0.261 e. The Morgan fingerprint density at radius 1 is 1.09 bits per heavy atom. The van der Waals surface area contributed by atoms with E-state index in [1.807, 2.05) is 18.2 Å². The molecule has 0 spiro atoms. The van der Waals surface area contributed by atoms with Crippen molar-refractivity contribution in [2.24, 2.45) is 0 Å². The molecule has 1 heterocycles. The fourth-order valence-corrected chi connectivity index (χ4v) is 3.94. The van der Waals surface area contributed by atoms with Gasteiger partial charge < -0.3 is 10.6 Å². The van der Waals surface area contributed by atoms with Gasteiger partial charge in [0.15, 0.2) is 0 Å². The average molecular weight is 314 g/mol. The summed E-state index contributed by atoms with van der Waals surface area (Å²) in [6, 6.07) is 12.2. The number of thiophene rings is 1. The van der Waals surface area contributed by atoms with Gasteiger partial charge in [-0.05, 0) is 55.9 Å². The second-order valence-electron chi connectivity index (χ2n) is 5.67. The minimum atomic E-state index is 0.0825. The van der Waals surface area contributed by atoms with Crippen LogP contribution in [0.2, 0.25) is 0 Å². The normalized spacial score (nSPS) is 13.5. The molecule has 1 aliphatic rings. The lowest BCUT2D eigenvalue weighted by Crippen LogP contribution is -2.25. The lowest BCUT2D eigenvalue weighted by atomic mass is 9.99. The summed E-state index contributed by atoms with van der Waals surface area (Å²) in [6.07, 6.45) is 5.73. The molecule has 0 fully saturated rings. The van der Waals surface area contributed by atoms with Crippen LogP contribution >= 0.6 is 11.3 Å². The fourth-order valence-electron chi connectivity index (χ4n) is 2.77. The standard InChI is InChI=1S/C18H22N2OS/c21-18(17-13-14-7-4-5-10-16(14)22-17)20-12-6-11-19-15-8-2-1-3-9-15/h1-3,8-9,13,19H,4-7,10-12H2,(H,20,21). The Balaban J connectivity index is 1.40. The van der Waals surface area contributed by atoms with Crippen LogP contribution in [0.15, 0.2) is 36.4 Å². The van der Waals surface area contributed by atoms with E-state index in [4.69, 9.17) is 0 Å². The van der Waals surface area contributed by atoms with Gasteiger partial charge in [0.2, 0.25) is 0 Å². The van der Waals surface area contributed by atoms with Crippen LogP contribution < -0.4 is 10.6 Å². The van der Waals surface area contributed by atoms with Crippen LogP contribution in [0.4, 0.5) is 5.69 Å². The topological polar surface area (TPSA) is 41.1 Å². The first-order valence-electron chi connectivity index (χ1n) is 8.01. The number of fused-ring (bicyclic) bond motifs is 1. The summed E-state index contributed by atoms with van der Waals surface area (Å²) in [5.74, 6) is 0.0825. The molecule has 116 valence electrons. The highest BCUT2D eigenvalue weighted by Crippen LogP contribution is 2.29. The van der Waals surface area contributed by atoms with E-state index in [1.54, 1.807) is 11.3 Å². The molecule has 0 radical (unpaired) electrons. The van der Waals surface area contributed by atoms with E-state index in [9.17, 15) is 4.79 Å². The summed E-state index contributed by atoms with van der Waals surface area (Å²) in [5.41, 5.74) is 2.52. The van der Waals surface area contributed by atoms with Gasteiger partial charge in [0.05, 0.1) is 4.88 Å². The average Bonchev–Trinajstić information content (AvgIpc) is 2.99. The number of rotatable bonds is 6. The molecule has 0 atom stereocenters. The quantitative estimate of drug-likeness (QED) is 0.795. The summed E-state index contributed by atoms with van der Waals surface area (Å²) in [7, 11) is 0. The summed E-state index contributed by atoms with van der Waals surface area (Å²) in [6.45, 7) is 1.58. The van der Waals surface area contributed by atoms with E-state index in [2.05, 4.69) is 28.8 Å². The molecule has 1 aliphatic carbocycles. The predicted octanol–water partition coefficient (Wildman–Crippen LogP) is 3.86. The van der Waals surface area contributed by atoms with Crippen molar-refractivity contribution in [2.75, 3.05) is 18.4 Å². The molecular formula is C18H22N2OS. The van der Waals surface area contributed by atoms with Crippen molar-refractivity contribution in [3.63, 3.8) is 0 Å². The first kappa shape index (κ1) is 15.1. The van der Waals surface area contributed by atoms with E-state index in [0.717, 1.165) is 36.4 Å². The SMILES string of the molecule is O=C(NCCCNc1ccccc1)c1cc2c(s1)CCCC2. The van der Waals surface area contributed by atoms with Crippen molar-refractivity contribution in [3.8, 4) is 0 Å². The zero-order chi connectivity index (χ0) is 15.2. The molecule has 3 rings (SSSR count). The van der Waals surface area contributed by atoms with Crippen molar-refractivity contribution in [3.05, 3.63) is 51.7 Å². The molecule has 0 aliphatic heterocycles. The maximum absolute atomic E-state index is 12.2. The Morgan fingerprint density at radius 3 is 2.73 bits per heavy atom. The molecule has 0 saturated heterocycles. The Bertz CT molecular complexity index is 598. The number of aryl methyl sites for hydroxylation is 2. The molecule has 2 aromatic rings. The largest absolute Gasteiger partial charge is 0.385 e. The second-order valence-corrected chi connectivity index (χ2v) is 6.81. The number of hydrogen-bond donors (Lipinski definition) is 2. The zero-order valence-corrected chi connectivity index (χ0v) is 13.5. The molecule has 0 saturated carbocycles. The zero-order valence-electron chi connectivity index (χ0n) is 12.7. The van der Waals surface area contributed by atoms with Crippen LogP contribution in [0, 0.1) is 0 Å². The number of nitrogens with one attached hydrogen (secondary N) is 2. The number of anilines is 1. The summed E-state index contributed by atoms with van der Waals surface area (Å²) < 4.78 is 0. The van der Waals surface area contributed by atoms with Crippen molar-refractivity contribution in [1.29, 1.82) is 0 Å². The third-order valence-corrected chi connectivity index (χ3v) is 5.20. The van der Waals surface area contributed by atoms with Gasteiger partial charge >= 0.3 is 0 Å². The van der Waals surface area contributed by atoms with Crippen LogP contribution in [-0.4, -0.2) is 19.0 Å². The smallest absolute Gasteiger partial charge is 0.261 e. The van der Waals surface area contributed by atoms with Crippen molar-refractivity contribution < 1.29 is 4.79 Å². The van der Waals surface area contributed by atoms with Gasteiger partial charge in [0, 0.05) is 23.7 Å². The number of benzene rings is 1. The van der Waals surface area contributed by atoms with Crippen LogP contribution in [0.5, 0.6) is 0 Å². The van der Waals surface area contributed by atoms with Crippen LogP contribution in [-0.2, 0) is 12.8 Å².